The van der Waals surface area contributed by atoms with Crippen LogP contribution in [0, 0.1) is 11.3 Å². The molecule has 0 spiro atoms. The number of amides is 1. The molecule has 0 aliphatic carbocycles. The van der Waals surface area contributed by atoms with Gasteiger partial charge in [-0.15, -0.1) is 22.9 Å². The third-order valence-corrected chi connectivity index (χ3v) is 4.38. The lowest BCUT2D eigenvalue weighted by molar-refractivity contribution is -0.129. The predicted molar refractivity (Wildman–Crippen MR) is 74.5 cm³/mol. The van der Waals surface area contributed by atoms with Gasteiger partial charge in [-0.2, -0.15) is 0 Å². The van der Waals surface area contributed by atoms with Crippen molar-refractivity contribution in [2.24, 2.45) is 11.3 Å². The number of carbonyl (C=O) groups excluding carboxylic acids is 1. The second kappa shape index (κ2) is 5.87. The Bertz CT molecular complexity index is 360. The minimum Gasteiger partial charge on any atom is -0.348 e. The van der Waals surface area contributed by atoms with E-state index in [0.29, 0.717) is 11.8 Å². The Kier molecular flexibility index (Phi) is 5.02. The molecule has 0 aromatic carbocycles. The van der Waals surface area contributed by atoms with E-state index in [1.807, 2.05) is 25.3 Å². The summed E-state index contributed by atoms with van der Waals surface area (Å²) >= 11 is 7.49. The summed E-state index contributed by atoms with van der Waals surface area (Å²) in [7, 11) is 0. The van der Waals surface area contributed by atoms with Crippen LogP contribution in [0.25, 0.3) is 0 Å². The van der Waals surface area contributed by atoms with Crippen LogP contribution >= 0.6 is 22.9 Å². The second-order valence-corrected chi connectivity index (χ2v) is 6.47. The summed E-state index contributed by atoms with van der Waals surface area (Å²) in [5, 5.41) is 5.13. The van der Waals surface area contributed by atoms with Crippen molar-refractivity contribution in [3.8, 4) is 0 Å². The third-order valence-electron chi connectivity index (χ3n) is 2.75. The van der Waals surface area contributed by atoms with Gasteiger partial charge in [0.2, 0.25) is 5.91 Å². The standard InChI is InChI=1S/C13H20ClNOS/c1-9(2)11(10-6-5-7-17-10)15-12(16)13(3,4)8-14/h5-7,9,11H,8H2,1-4H3,(H,15,16). The Morgan fingerprint density at radius 3 is 2.59 bits per heavy atom. The molecule has 17 heavy (non-hydrogen) atoms. The van der Waals surface area contributed by atoms with Crippen molar-refractivity contribution in [2.75, 3.05) is 5.88 Å². The fourth-order valence-electron chi connectivity index (χ4n) is 1.43. The van der Waals surface area contributed by atoms with E-state index < -0.39 is 5.41 Å². The largest absolute Gasteiger partial charge is 0.348 e. The Labute approximate surface area is 112 Å². The van der Waals surface area contributed by atoms with Crippen LogP contribution in [0.5, 0.6) is 0 Å². The van der Waals surface area contributed by atoms with Crippen LogP contribution in [0.4, 0.5) is 0 Å². The van der Waals surface area contributed by atoms with E-state index in [2.05, 4.69) is 25.2 Å². The first-order chi connectivity index (χ1) is 7.88. The molecule has 1 heterocycles. The summed E-state index contributed by atoms with van der Waals surface area (Å²) in [4.78, 5) is 13.3. The summed E-state index contributed by atoms with van der Waals surface area (Å²) in [5.41, 5.74) is -0.522. The lowest BCUT2D eigenvalue weighted by atomic mass is 9.93. The van der Waals surface area contributed by atoms with E-state index in [9.17, 15) is 4.79 Å². The highest BCUT2D eigenvalue weighted by Gasteiger charge is 2.30. The van der Waals surface area contributed by atoms with Crippen molar-refractivity contribution in [3.63, 3.8) is 0 Å². The third kappa shape index (κ3) is 3.71. The van der Waals surface area contributed by atoms with Crippen molar-refractivity contribution < 1.29 is 4.79 Å². The van der Waals surface area contributed by atoms with Crippen molar-refractivity contribution in [1.29, 1.82) is 0 Å². The van der Waals surface area contributed by atoms with Gasteiger partial charge in [-0.1, -0.05) is 19.9 Å². The van der Waals surface area contributed by atoms with Gasteiger partial charge < -0.3 is 5.32 Å². The quantitative estimate of drug-likeness (QED) is 0.812. The average Bonchev–Trinajstić information content (AvgIpc) is 2.78. The smallest absolute Gasteiger partial charge is 0.227 e. The highest BCUT2D eigenvalue weighted by molar-refractivity contribution is 7.10. The fraction of sp³-hybridized carbons (Fsp3) is 0.615. The first-order valence-corrected chi connectivity index (χ1v) is 7.20. The molecule has 0 aliphatic rings. The number of rotatable bonds is 5. The molecule has 0 saturated heterocycles. The summed E-state index contributed by atoms with van der Waals surface area (Å²) in [6, 6.07) is 4.14. The molecule has 0 aliphatic heterocycles. The van der Waals surface area contributed by atoms with E-state index in [0.717, 1.165) is 0 Å². The van der Waals surface area contributed by atoms with Gasteiger partial charge in [-0.25, -0.2) is 0 Å². The lowest BCUT2D eigenvalue weighted by Crippen LogP contribution is -2.41. The lowest BCUT2D eigenvalue weighted by Gasteiger charge is -2.27. The maximum Gasteiger partial charge on any atom is 0.227 e. The number of nitrogens with one attached hydrogen (secondary N) is 1. The normalized spacial score (nSPS) is 13.8. The molecule has 1 unspecified atom stereocenters. The van der Waals surface area contributed by atoms with Gasteiger partial charge in [0.15, 0.2) is 0 Å². The molecule has 1 aromatic rings. The number of hydrogen-bond acceptors (Lipinski definition) is 2. The molecule has 4 heteroatoms. The highest BCUT2D eigenvalue weighted by Crippen LogP contribution is 2.27. The first kappa shape index (κ1) is 14.5. The van der Waals surface area contributed by atoms with Gasteiger partial charge in [0.25, 0.3) is 0 Å². The van der Waals surface area contributed by atoms with Crippen LogP contribution in [0.3, 0.4) is 0 Å². The molecule has 0 bridgehead atoms. The van der Waals surface area contributed by atoms with Gasteiger partial charge in [-0.3, -0.25) is 4.79 Å². The van der Waals surface area contributed by atoms with Gasteiger partial charge in [-0.05, 0) is 31.2 Å². The summed E-state index contributed by atoms with van der Waals surface area (Å²) in [5.74, 6) is 0.706. The van der Waals surface area contributed by atoms with Crippen molar-refractivity contribution in [3.05, 3.63) is 22.4 Å². The van der Waals surface area contributed by atoms with Crippen LogP contribution in [0.2, 0.25) is 0 Å². The zero-order valence-corrected chi connectivity index (χ0v) is 12.4. The number of hydrogen-bond donors (Lipinski definition) is 1. The Morgan fingerprint density at radius 1 is 1.53 bits per heavy atom. The van der Waals surface area contributed by atoms with Crippen molar-refractivity contribution >= 4 is 28.8 Å². The van der Waals surface area contributed by atoms with Gasteiger partial charge in [0.1, 0.15) is 0 Å². The SMILES string of the molecule is CC(C)C(NC(=O)C(C)(C)CCl)c1cccs1. The molecule has 1 N–H and O–H groups in total. The number of carbonyl (C=O) groups is 1. The van der Waals surface area contributed by atoms with Crippen LogP contribution < -0.4 is 5.32 Å². The van der Waals surface area contributed by atoms with Crippen LogP contribution in [-0.2, 0) is 4.79 Å². The monoisotopic (exact) mass is 273 g/mol. The molecule has 0 saturated carbocycles. The molecule has 1 rings (SSSR count). The minimum absolute atomic E-state index is 0.0135. The van der Waals surface area contributed by atoms with Crippen molar-refractivity contribution in [2.45, 2.75) is 33.7 Å². The van der Waals surface area contributed by atoms with Crippen LogP contribution in [0.15, 0.2) is 17.5 Å². The summed E-state index contributed by atoms with van der Waals surface area (Å²) < 4.78 is 0. The Balaban J connectivity index is 2.79. The van der Waals surface area contributed by atoms with Crippen molar-refractivity contribution in [1.82, 2.24) is 5.32 Å². The Morgan fingerprint density at radius 2 is 2.18 bits per heavy atom. The minimum atomic E-state index is -0.522. The average molecular weight is 274 g/mol. The molecule has 1 aromatic heterocycles. The van der Waals surface area contributed by atoms with Gasteiger partial charge >= 0.3 is 0 Å². The molecule has 1 atom stereocenters. The topological polar surface area (TPSA) is 29.1 Å². The van der Waals surface area contributed by atoms with Gasteiger partial charge in [0, 0.05) is 10.8 Å². The van der Waals surface area contributed by atoms with E-state index in [1.165, 1.54) is 4.88 Å². The van der Waals surface area contributed by atoms with Gasteiger partial charge in [0.05, 0.1) is 11.5 Å². The number of alkyl halides is 1. The molecule has 1 amide bonds. The highest BCUT2D eigenvalue weighted by atomic mass is 35.5. The number of halogens is 1. The van der Waals surface area contributed by atoms with E-state index in [-0.39, 0.29) is 11.9 Å². The summed E-state index contributed by atoms with van der Waals surface area (Å²) in [6.45, 7) is 7.94. The van der Waals surface area contributed by atoms with Crippen LogP contribution in [-0.4, -0.2) is 11.8 Å². The molecule has 96 valence electrons. The maximum atomic E-state index is 12.1. The molecule has 0 radical (unpaired) electrons. The predicted octanol–water partition coefficient (Wildman–Crippen LogP) is 3.83. The maximum absolute atomic E-state index is 12.1. The van der Waals surface area contributed by atoms with E-state index in [1.54, 1.807) is 11.3 Å². The molecule has 0 fully saturated rings. The molecular formula is C13H20ClNOS. The van der Waals surface area contributed by atoms with E-state index in [4.69, 9.17) is 11.6 Å². The zero-order chi connectivity index (χ0) is 13.1. The van der Waals surface area contributed by atoms with Crippen LogP contribution in [0.1, 0.15) is 38.6 Å². The number of thiophene rings is 1. The Hall–Kier alpha value is -0.540. The second-order valence-electron chi connectivity index (χ2n) is 5.23. The van der Waals surface area contributed by atoms with E-state index >= 15 is 0 Å². The molecule has 2 nitrogen and oxygen atoms in total. The molecular weight excluding hydrogens is 254 g/mol. The zero-order valence-electron chi connectivity index (χ0n) is 10.8. The first-order valence-electron chi connectivity index (χ1n) is 5.79. The fourth-order valence-corrected chi connectivity index (χ4v) is 2.50. The summed E-state index contributed by atoms with van der Waals surface area (Å²) in [6.07, 6.45) is 0.